The molecule has 0 amide bonds. The molecule has 0 aliphatic rings. The van der Waals surface area contributed by atoms with Crippen LogP contribution in [-0.2, 0) is 6.54 Å². The number of nitrogens with two attached hydrogens (primary N) is 1. The summed E-state index contributed by atoms with van der Waals surface area (Å²) < 4.78 is 0. The molecule has 0 fully saturated rings. The van der Waals surface area contributed by atoms with Crippen molar-refractivity contribution in [2.45, 2.75) is 26.4 Å². The molecule has 0 aliphatic heterocycles. The van der Waals surface area contributed by atoms with Gasteiger partial charge in [-0.3, -0.25) is 9.88 Å². The summed E-state index contributed by atoms with van der Waals surface area (Å²) in [7, 11) is 2.08. The number of rotatable bonds is 5. The van der Waals surface area contributed by atoms with Crippen LogP contribution in [0.3, 0.4) is 0 Å². The van der Waals surface area contributed by atoms with Crippen molar-refractivity contribution in [3.8, 4) is 0 Å². The Hall–Kier alpha value is -1.30. The van der Waals surface area contributed by atoms with Gasteiger partial charge in [0.25, 0.3) is 0 Å². The fourth-order valence-corrected chi connectivity index (χ4v) is 2.70. The maximum absolute atomic E-state index is 5.92. The lowest BCUT2D eigenvalue weighted by Gasteiger charge is -2.26. The molecule has 19 heavy (non-hydrogen) atoms. The topological polar surface area (TPSA) is 55.0 Å². The van der Waals surface area contributed by atoms with Crippen LogP contribution in [0, 0.1) is 13.8 Å². The molecular weight excluding hydrogens is 256 g/mol. The molecule has 2 rings (SSSR count). The van der Waals surface area contributed by atoms with Gasteiger partial charge in [-0.2, -0.15) is 0 Å². The standard InChI is InChI=1S/C14H20N4S/c1-10-4-5-12(7-16-10)14(6-15)18(3)8-13-9-19-11(2)17-13/h4-5,7,9,14H,6,8,15H2,1-3H3. The highest BCUT2D eigenvalue weighted by Crippen LogP contribution is 2.20. The van der Waals surface area contributed by atoms with Crippen molar-refractivity contribution in [3.63, 3.8) is 0 Å². The van der Waals surface area contributed by atoms with Crippen LogP contribution in [-0.4, -0.2) is 28.5 Å². The Kier molecular flexibility index (Phi) is 4.63. The second-order valence-electron chi connectivity index (χ2n) is 4.76. The highest BCUT2D eigenvalue weighted by atomic mass is 32.1. The predicted molar refractivity (Wildman–Crippen MR) is 79.1 cm³/mol. The van der Waals surface area contributed by atoms with Gasteiger partial charge in [-0.05, 0) is 32.5 Å². The summed E-state index contributed by atoms with van der Waals surface area (Å²) in [6.07, 6.45) is 1.91. The van der Waals surface area contributed by atoms with Crippen molar-refractivity contribution in [1.82, 2.24) is 14.9 Å². The number of thiazole rings is 1. The quantitative estimate of drug-likeness (QED) is 0.910. The first-order chi connectivity index (χ1) is 9.10. The maximum atomic E-state index is 5.92. The Labute approximate surface area is 118 Å². The van der Waals surface area contributed by atoms with E-state index in [4.69, 9.17) is 5.73 Å². The van der Waals surface area contributed by atoms with Gasteiger partial charge in [-0.25, -0.2) is 4.98 Å². The van der Waals surface area contributed by atoms with Crippen molar-refractivity contribution < 1.29 is 0 Å². The minimum Gasteiger partial charge on any atom is -0.329 e. The molecule has 0 spiro atoms. The molecule has 2 aromatic rings. The second-order valence-corrected chi connectivity index (χ2v) is 5.82. The fraction of sp³-hybridized carbons (Fsp3) is 0.429. The Bertz CT molecular complexity index is 520. The summed E-state index contributed by atoms with van der Waals surface area (Å²) in [5, 5.41) is 3.21. The van der Waals surface area contributed by atoms with Gasteiger partial charge in [0.2, 0.25) is 0 Å². The van der Waals surface area contributed by atoms with E-state index in [-0.39, 0.29) is 6.04 Å². The van der Waals surface area contributed by atoms with Crippen molar-refractivity contribution in [1.29, 1.82) is 0 Å². The van der Waals surface area contributed by atoms with E-state index in [1.165, 1.54) is 0 Å². The van der Waals surface area contributed by atoms with Crippen molar-refractivity contribution in [3.05, 3.63) is 45.7 Å². The molecule has 1 atom stereocenters. The number of likely N-dealkylation sites (N-methyl/N-ethyl adjacent to an activating group) is 1. The van der Waals surface area contributed by atoms with Gasteiger partial charge in [-0.1, -0.05) is 6.07 Å². The summed E-state index contributed by atoms with van der Waals surface area (Å²) in [6.45, 7) is 5.39. The fourth-order valence-electron chi connectivity index (χ4n) is 2.09. The largest absolute Gasteiger partial charge is 0.329 e. The van der Waals surface area contributed by atoms with E-state index >= 15 is 0 Å². The van der Waals surface area contributed by atoms with E-state index in [0.717, 1.165) is 28.5 Å². The smallest absolute Gasteiger partial charge is 0.0897 e. The van der Waals surface area contributed by atoms with E-state index in [0.29, 0.717) is 6.54 Å². The third-order valence-corrected chi connectivity index (χ3v) is 3.97. The Morgan fingerprint density at radius 3 is 2.68 bits per heavy atom. The number of hydrogen-bond donors (Lipinski definition) is 1. The highest BCUT2D eigenvalue weighted by Gasteiger charge is 2.16. The lowest BCUT2D eigenvalue weighted by Crippen LogP contribution is -2.30. The Balaban J connectivity index is 2.10. The summed E-state index contributed by atoms with van der Waals surface area (Å²) >= 11 is 1.68. The molecule has 4 nitrogen and oxygen atoms in total. The monoisotopic (exact) mass is 276 g/mol. The average Bonchev–Trinajstić information content (AvgIpc) is 2.78. The van der Waals surface area contributed by atoms with Gasteiger partial charge in [0, 0.05) is 36.4 Å². The third-order valence-electron chi connectivity index (χ3n) is 3.15. The lowest BCUT2D eigenvalue weighted by molar-refractivity contribution is 0.239. The Morgan fingerprint density at radius 2 is 2.16 bits per heavy atom. The van der Waals surface area contributed by atoms with Crippen LogP contribution in [0.4, 0.5) is 0 Å². The van der Waals surface area contributed by atoms with Gasteiger partial charge >= 0.3 is 0 Å². The zero-order chi connectivity index (χ0) is 13.8. The zero-order valence-corrected chi connectivity index (χ0v) is 12.4. The molecule has 2 heterocycles. The summed E-state index contributed by atoms with van der Waals surface area (Å²) in [6, 6.07) is 4.30. The molecule has 102 valence electrons. The normalized spacial score (nSPS) is 12.9. The minimum absolute atomic E-state index is 0.176. The maximum Gasteiger partial charge on any atom is 0.0897 e. The molecule has 5 heteroatoms. The van der Waals surface area contributed by atoms with Crippen LogP contribution in [0.15, 0.2) is 23.7 Å². The molecule has 0 saturated heterocycles. The summed E-state index contributed by atoms with van der Waals surface area (Å²) in [4.78, 5) is 11.1. The van der Waals surface area contributed by atoms with Crippen LogP contribution < -0.4 is 5.73 Å². The van der Waals surface area contributed by atoms with Crippen molar-refractivity contribution >= 4 is 11.3 Å². The zero-order valence-electron chi connectivity index (χ0n) is 11.6. The molecule has 0 aliphatic carbocycles. The number of hydrogen-bond acceptors (Lipinski definition) is 5. The molecular formula is C14H20N4S. The van der Waals surface area contributed by atoms with Gasteiger partial charge in [-0.15, -0.1) is 11.3 Å². The van der Waals surface area contributed by atoms with Crippen LogP contribution in [0.2, 0.25) is 0 Å². The molecule has 2 aromatic heterocycles. The average molecular weight is 276 g/mol. The lowest BCUT2D eigenvalue weighted by atomic mass is 10.1. The molecule has 0 radical (unpaired) electrons. The Morgan fingerprint density at radius 1 is 1.37 bits per heavy atom. The SMILES string of the molecule is Cc1ccc(C(CN)N(C)Cc2csc(C)n2)cn1. The first kappa shape index (κ1) is 14.1. The number of nitrogens with zero attached hydrogens (tertiary/aromatic N) is 3. The molecule has 0 saturated carbocycles. The number of aromatic nitrogens is 2. The predicted octanol–water partition coefficient (Wildman–Crippen LogP) is 2.29. The molecule has 2 N–H and O–H groups in total. The summed E-state index contributed by atoms with van der Waals surface area (Å²) in [5.41, 5.74) is 9.20. The van der Waals surface area contributed by atoms with Crippen LogP contribution in [0.5, 0.6) is 0 Å². The van der Waals surface area contributed by atoms with Gasteiger partial charge in [0.15, 0.2) is 0 Å². The number of aryl methyl sites for hydroxylation is 2. The van der Waals surface area contributed by atoms with Gasteiger partial charge in [0.1, 0.15) is 0 Å². The molecule has 0 aromatic carbocycles. The molecule has 0 bridgehead atoms. The van der Waals surface area contributed by atoms with E-state index in [9.17, 15) is 0 Å². The summed E-state index contributed by atoms with van der Waals surface area (Å²) in [5.74, 6) is 0. The second kappa shape index (κ2) is 6.23. The van der Waals surface area contributed by atoms with E-state index in [1.807, 2.05) is 26.1 Å². The van der Waals surface area contributed by atoms with Crippen LogP contribution in [0.25, 0.3) is 0 Å². The van der Waals surface area contributed by atoms with Gasteiger partial charge in [0.05, 0.1) is 10.7 Å². The first-order valence-electron chi connectivity index (χ1n) is 6.34. The van der Waals surface area contributed by atoms with E-state index in [1.54, 1.807) is 11.3 Å². The van der Waals surface area contributed by atoms with Gasteiger partial charge < -0.3 is 5.73 Å². The third kappa shape index (κ3) is 3.59. The highest BCUT2D eigenvalue weighted by molar-refractivity contribution is 7.09. The minimum atomic E-state index is 0.176. The van der Waals surface area contributed by atoms with E-state index < -0.39 is 0 Å². The van der Waals surface area contributed by atoms with Crippen molar-refractivity contribution in [2.75, 3.05) is 13.6 Å². The van der Waals surface area contributed by atoms with Crippen LogP contribution in [0.1, 0.15) is 28.0 Å². The number of pyridine rings is 1. The first-order valence-corrected chi connectivity index (χ1v) is 7.22. The molecule has 1 unspecified atom stereocenters. The van der Waals surface area contributed by atoms with E-state index in [2.05, 4.69) is 33.4 Å². The van der Waals surface area contributed by atoms with Crippen molar-refractivity contribution in [2.24, 2.45) is 5.73 Å². The van der Waals surface area contributed by atoms with Crippen LogP contribution >= 0.6 is 11.3 Å².